The summed E-state index contributed by atoms with van der Waals surface area (Å²) in [6.07, 6.45) is 2.84. The Balaban J connectivity index is 1.37. The maximum absolute atomic E-state index is 11.9. The third-order valence-electron chi connectivity index (χ3n) is 4.08. The van der Waals surface area contributed by atoms with E-state index in [4.69, 9.17) is 9.15 Å². The Hall–Kier alpha value is -3.41. The summed E-state index contributed by atoms with van der Waals surface area (Å²) in [5.74, 6) is 0.832. The van der Waals surface area contributed by atoms with Gasteiger partial charge in [-0.1, -0.05) is 24.3 Å². The highest BCUT2D eigenvalue weighted by atomic mass is 16.5. The summed E-state index contributed by atoms with van der Waals surface area (Å²) in [6, 6.07) is 15.3. The van der Waals surface area contributed by atoms with Gasteiger partial charge in [0.2, 0.25) is 5.89 Å². The van der Waals surface area contributed by atoms with Gasteiger partial charge in [0.15, 0.2) is 5.58 Å². The lowest BCUT2D eigenvalue weighted by atomic mass is 10.3. The minimum Gasteiger partial charge on any atom is -0.461 e. The van der Waals surface area contributed by atoms with E-state index in [1.807, 2.05) is 60.0 Å². The number of fused-ring (bicyclic) bond motifs is 2. The molecule has 0 amide bonds. The molecule has 0 bridgehead atoms. The number of benzene rings is 2. The smallest absolute Gasteiger partial charge is 0.331 e. The monoisotopic (exact) mass is 347 g/mol. The highest BCUT2D eigenvalue weighted by Crippen LogP contribution is 2.16. The van der Waals surface area contributed by atoms with Gasteiger partial charge in [-0.15, -0.1) is 0 Å². The van der Waals surface area contributed by atoms with E-state index in [2.05, 4.69) is 9.97 Å². The molecule has 0 unspecified atom stereocenters. The maximum Gasteiger partial charge on any atom is 0.331 e. The number of hydrogen-bond donors (Lipinski definition) is 0. The van der Waals surface area contributed by atoms with Gasteiger partial charge >= 0.3 is 5.97 Å². The molecule has 0 spiro atoms. The average molecular weight is 347 g/mol. The third kappa shape index (κ3) is 3.21. The number of ether oxygens (including phenoxy) is 1. The van der Waals surface area contributed by atoms with E-state index < -0.39 is 5.97 Å². The Morgan fingerprint density at radius 3 is 2.73 bits per heavy atom. The number of imidazole rings is 1. The molecule has 0 aliphatic heterocycles. The topological polar surface area (TPSA) is 70.2 Å². The largest absolute Gasteiger partial charge is 0.461 e. The zero-order chi connectivity index (χ0) is 17.9. The fourth-order valence-corrected chi connectivity index (χ4v) is 2.86. The minimum absolute atomic E-state index is 0.262. The molecule has 2 aromatic heterocycles. The molecule has 6 nitrogen and oxygen atoms in total. The summed E-state index contributed by atoms with van der Waals surface area (Å²) in [5, 5.41) is 0. The quantitative estimate of drug-likeness (QED) is 0.406. The van der Waals surface area contributed by atoms with Crippen molar-refractivity contribution in [1.29, 1.82) is 0 Å². The Kier molecular flexibility index (Phi) is 4.23. The fraction of sp³-hybridized carbons (Fsp3) is 0.150. The van der Waals surface area contributed by atoms with E-state index in [9.17, 15) is 4.79 Å². The number of aryl methyl sites for hydroxylation is 1. The van der Waals surface area contributed by atoms with Crippen LogP contribution in [0.2, 0.25) is 0 Å². The molecule has 0 aliphatic rings. The first-order valence-corrected chi connectivity index (χ1v) is 8.33. The molecule has 6 heteroatoms. The normalized spacial score (nSPS) is 11.6. The molecule has 2 aromatic carbocycles. The molecule has 26 heavy (non-hydrogen) atoms. The van der Waals surface area contributed by atoms with Crippen LogP contribution in [-0.4, -0.2) is 27.1 Å². The number of esters is 1. The summed E-state index contributed by atoms with van der Waals surface area (Å²) in [7, 11) is 0. The molecule has 2 heterocycles. The summed E-state index contributed by atoms with van der Waals surface area (Å²) < 4.78 is 12.8. The van der Waals surface area contributed by atoms with Gasteiger partial charge in [0.1, 0.15) is 17.9 Å². The van der Waals surface area contributed by atoms with E-state index >= 15 is 0 Å². The van der Waals surface area contributed by atoms with Crippen LogP contribution >= 0.6 is 0 Å². The number of para-hydroxylation sites is 4. The maximum atomic E-state index is 11.9. The van der Waals surface area contributed by atoms with Gasteiger partial charge in [-0.05, 0) is 31.2 Å². The molecule has 4 rings (SSSR count). The van der Waals surface area contributed by atoms with Gasteiger partial charge in [0.05, 0.1) is 17.6 Å². The highest BCUT2D eigenvalue weighted by molar-refractivity contribution is 5.87. The number of aromatic nitrogens is 3. The number of oxazole rings is 1. The fourth-order valence-electron chi connectivity index (χ4n) is 2.86. The van der Waals surface area contributed by atoms with Crippen LogP contribution in [0.5, 0.6) is 0 Å². The minimum atomic E-state index is -0.436. The van der Waals surface area contributed by atoms with Crippen LogP contribution in [-0.2, 0) is 16.1 Å². The number of hydrogen-bond acceptors (Lipinski definition) is 5. The van der Waals surface area contributed by atoms with E-state index in [0.717, 1.165) is 22.4 Å². The molecule has 130 valence electrons. The number of carbonyl (C=O) groups excluding carboxylic acids is 1. The van der Waals surface area contributed by atoms with Crippen LogP contribution in [0.4, 0.5) is 0 Å². The zero-order valence-corrected chi connectivity index (χ0v) is 14.3. The van der Waals surface area contributed by atoms with Crippen LogP contribution in [0.3, 0.4) is 0 Å². The summed E-state index contributed by atoms with van der Waals surface area (Å²) in [6.45, 7) is 2.75. The van der Waals surface area contributed by atoms with Gasteiger partial charge in [-0.3, -0.25) is 0 Å². The molecule has 0 saturated carbocycles. The first-order valence-electron chi connectivity index (χ1n) is 8.33. The third-order valence-corrected chi connectivity index (χ3v) is 4.08. The highest BCUT2D eigenvalue weighted by Gasteiger charge is 2.07. The SMILES string of the molecule is Cc1nc2ccccc2n1CCOC(=O)/C=C/c1nc2ccccc2o1. The zero-order valence-electron chi connectivity index (χ0n) is 14.3. The lowest BCUT2D eigenvalue weighted by molar-refractivity contribution is -0.137. The molecular weight excluding hydrogens is 330 g/mol. The molecule has 0 saturated heterocycles. The summed E-state index contributed by atoms with van der Waals surface area (Å²) in [5.41, 5.74) is 3.40. The Morgan fingerprint density at radius 2 is 1.88 bits per heavy atom. The standard InChI is InChI=1S/C20H17N3O3/c1-14-21-15-6-2-4-8-17(15)23(14)12-13-25-20(24)11-10-19-22-16-7-3-5-9-18(16)26-19/h2-11H,12-13H2,1H3/b11-10+. The average Bonchev–Trinajstić information content (AvgIpc) is 3.20. The van der Waals surface area contributed by atoms with Gasteiger partial charge < -0.3 is 13.7 Å². The predicted molar refractivity (Wildman–Crippen MR) is 98.5 cm³/mol. The molecule has 4 aromatic rings. The number of carbonyl (C=O) groups is 1. The molecule has 0 N–H and O–H groups in total. The van der Waals surface area contributed by atoms with E-state index in [-0.39, 0.29) is 6.61 Å². The van der Waals surface area contributed by atoms with E-state index in [0.29, 0.717) is 18.0 Å². The van der Waals surface area contributed by atoms with E-state index in [1.165, 1.54) is 12.2 Å². The lowest BCUT2D eigenvalue weighted by Crippen LogP contribution is -2.10. The number of nitrogens with zero attached hydrogens (tertiary/aromatic N) is 3. The molecule has 0 aliphatic carbocycles. The second-order valence-corrected chi connectivity index (χ2v) is 5.82. The van der Waals surface area contributed by atoms with Crippen LogP contribution in [0.15, 0.2) is 59.0 Å². The predicted octanol–water partition coefficient (Wildman–Crippen LogP) is 3.74. The molecule has 0 fully saturated rings. The molecule has 0 radical (unpaired) electrons. The second kappa shape index (κ2) is 6.84. The summed E-state index contributed by atoms with van der Waals surface area (Å²) >= 11 is 0. The first-order chi connectivity index (χ1) is 12.7. The van der Waals surface area contributed by atoms with Crippen LogP contribution in [0.1, 0.15) is 11.7 Å². The van der Waals surface area contributed by atoms with Crippen molar-refractivity contribution in [2.45, 2.75) is 13.5 Å². The first kappa shape index (κ1) is 16.1. The van der Waals surface area contributed by atoms with E-state index in [1.54, 1.807) is 0 Å². The summed E-state index contributed by atoms with van der Waals surface area (Å²) in [4.78, 5) is 20.7. The Morgan fingerprint density at radius 1 is 1.12 bits per heavy atom. The molecular formula is C20H17N3O3. The van der Waals surface area contributed by atoms with Crippen molar-refractivity contribution in [2.75, 3.05) is 6.61 Å². The number of rotatable bonds is 5. The van der Waals surface area contributed by atoms with Crippen molar-refractivity contribution in [1.82, 2.24) is 14.5 Å². The van der Waals surface area contributed by atoms with Gasteiger partial charge in [-0.2, -0.15) is 0 Å². The van der Waals surface area contributed by atoms with Crippen LogP contribution in [0, 0.1) is 6.92 Å². The second-order valence-electron chi connectivity index (χ2n) is 5.82. The van der Waals surface area contributed by atoms with Gasteiger partial charge in [0.25, 0.3) is 0 Å². The Bertz CT molecular complexity index is 1070. The van der Waals surface area contributed by atoms with Crippen LogP contribution in [0.25, 0.3) is 28.2 Å². The lowest BCUT2D eigenvalue weighted by Gasteiger charge is -2.06. The van der Waals surface area contributed by atoms with Gasteiger partial charge in [0, 0.05) is 12.2 Å². The van der Waals surface area contributed by atoms with Crippen molar-refractivity contribution >= 4 is 34.2 Å². The van der Waals surface area contributed by atoms with Crippen LogP contribution < -0.4 is 0 Å². The van der Waals surface area contributed by atoms with Crippen molar-refractivity contribution in [3.63, 3.8) is 0 Å². The van der Waals surface area contributed by atoms with Crippen molar-refractivity contribution in [3.05, 3.63) is 66.3 Å². The van der Waals surface area contributed by atoms with Gasteiger partial charge in [-0.25, -0.2) is 14.8 Å². The Labute approximate surface area is 149 Å². The van der Waals surface area contributed by atoms with Crippen molar-refractivity contribution in [2.24, 2.45) is 0 Å². The molecule has 0 atom stereocenters. The van der Waals surface area contributed by atoms with Crippen molar-refractivity contribution < 1.29 is 13.9 Å². The van der Waals surface area contributed by atoms with Crippen molar-refractivity contribution in [3.8, 4) is 0 Å².